The van der Waals surface area contributed by atoms with E-state index < -0.39 is 0 Å². The monoisotopic (exact) mass is 284 g/mol. The van der Waals surface area contributed by atoms with E-state index in [1.807, 2.05) is 31.2 Å². The molecule has 0 saturated carbocycles. The Morgan fingerprint density at radius 2 is 1.67 bits per heavy atom. The first-order valence-corrected chi connectivity index (χ1v) is 7.16. The Hall–Kier alpha value is -1.96. The van der Waals surface area contributed by atoms with Crippen LogP contribution in [0.5, 0.6) is 0 Å². The minimum atomic E-state index is -0.266. The van der Waals surface area contributed by atoms with E-state index in [4.69, 9.17) is 0 Å². The standard InChI is InChI=1S/C19H21FO/c1-13-11-17(20)10-7-15(13)12-18(21)14-5-8-16(9-6-14)19(2,3)4/h5-11H,12H2,1-4H3. The van der Waals surface area contributed by atoms with Gasteiger partial charge in [-0.15, -0.1) is 0 Å². The van der Waals surface area contributed by atoms with Gasteiger partial charge < -0.3 is 0 Å². The molecular formula is C19H21FO. The van der Waals surface area contributed by atoms with Crippen LogP contribution < -0.4 is 0 Å². The highest BCUT2D eigenvalue weighted by atomic mass is 19.1. The first kappa shape index (κ1) is 15.4. The second kappa shape index (κ2) is 5.80. The molecule has 2 aromatic carbocycles. The average molecular weight is 284 g/mol. The van der Waals surface area contributed by atoms with Crippen molar-refractivity contribution in [2.75, 3.05) is 0 Å². The Bertz CT molecular complexity index is 648. The van der Waals surface area contributed by atoms with Gasteiger partial charge >= 0.3 is 0 Å². The number of Topliss-reactive ketones (excluding diaryl/α,β-unsaturated/α-hetero) is 1. The number of carbonyl (C=O) groups is 1. The number of aryl methyl sites for hydroxylation is 1. The summed E-state index contributed by atoms with van der Waals surface area (Å²) in [6, 6.07) is 12.3. The second-order valence-electron chi connectivity index (χ2n) is 6.50. The van der Waals surface area contributed by atoms with Crippen molar-refractivity contribution >= 4 is 5.78 Å². The lowest BCUT2D eigenvalue weighted by molar-refractivity contribution is 0.0992. The molecule has 0 spiro atoms. The molecule has 0 bridgehead atoms. The van der Waals surface area contributed by atoms with Crippen LogP contribution in [0.1, 0.15) is 47.8 Å². The van der Waals surface area contributed by atoms with Crippen molar-refractivity contribution in [2.45, 2.75) is 39.5 Å². The van der Waals surface area contributed by atoms with Crippen LogP contribution in [0.2, 0.25) is 0 Å². The number of halogens is 1. The summed E-state index contributed by atoms with van der Waals surface area (Å²) in [5.74, 6) is -0.205. The second-order valence-corrected chi connectivity index (χ2v) is 6.50. The van der Waals surface area contributed by atoms with Crippen molar-refractivity contribution in [1.29, 1.82) is 0 Å². The van der Waals surface area contributed by atoms with E-state index in [0.717, 1.165) is 11.1 Å². The SMILES string of the molecule is Cc1cc(F)ccc1CC(=O)c1ccc(C(C)(C)C)cc1. The van der Waals surface area contributed by atoms with Gasteiger partial charge in [-0.2, -0.15) is 0 Å². The topological polar surface area (TPSA) is 17.1 Å². The molecule has 0 N–H and O–H groups in total. The van der Waals surface area contributed by atoms with Crippen molar-refractivity contribution < 1.29 is 9.18 Å². The van der Waals surface area contributed by atoms with Crippen LogP contribution in [0.3, 0.4) is 0 Å². The summed E-state index contributed by atoms with van der Waals surface area (Å²) in [6.07, 6.45) is 0.307. The predicted molar refractivity (Wildman–Crippen MR) is 84.3 cm³/mol. The van der Waals surface area contributed by atoms with Gasteiger partial charge in [0.25, 0.3) is 0 Å². The lowest BCUT2D eigenvalue weighted by atomic mass is 9.86. The van der Waals surface area contributed by atoms with Crippen molar-refractivity contribution in [3.05, 3.63) is 70.5 Å². The van der Waals surface area contributed by atoms with E-state index in [-0.39, 0.29) is 17.0 Å². The summed E-state index contributed by atoms with van der Waals surface area (Å²) in [7, 11) is 0. The van der Waals surface area contributed by atoms with Gasteiger partial charge in [0, 0.05) is 12.0 Å². The highest BCUT2D eigenvalue weighted by molar-refractivity contribution is 5.97. The molecule has 1 nitrogen and oxygen atoms in total. The highest BCUT2D eigenvalue weighted by Gasteiger charge is 2.15. The molecule has 2 heteroatoms. The van der Waals surface area contributed by atoms with Crippen molar-refractivity contribution in [1.82, 2.24) is 0 Å². The maximum Gasteiger partial charge on any atom is 0.167 e. The third kappa shape index (κ3) is 3.78. The molecule has 21 heavy (non-hydrogen) atoms. The molecule has 0 aliphatic heterocycles. The molecule has 0 atom stereocenters. The molecular weight excluding hydrogens is 263 g/mol. The Morgan fingerprint density at radius 3 is 2.19 bits per heavy atom. The Morgan fingerprint density at radius 1 is 1.05 bits per heavy atom. The van der Waals surface area contributed by atoms with Crippen LogP contribution in [0.25, 0.3) is 0 Å². The minimum Gasteiger partial charge on any atom is -0.294 e. The summed E-state index contributed by atoms with van der Waals surface area (Å²) in [5.41, 5.74) is 3.68. The number of ketones is 1. The van der Waals surface area contributed by atoms with Crippen LogP contribution in [0.15, 0.2) is 42.5 Å². The van der Waals surface area contributed by atoms with Gasteiger partial charge in [0.2, 0.25) is 0 Å². The van der Waals surface area contributed by atoms with Gasteiger partial charge in [0.15, 0.2) is 5.78 Å². The number of hydrogen-bond donors (Lipinski definition) is 0. The summed E-state index contributed by atoms with van der Waals surface area (Å²) in [5, 5.41) is 0. The van der Waals surface area contributed by atoms with Crippen molar-refractivity contribution in [2.24, 2.45) is 0 Å². The third-order valence-corrected chi connectivity index (χ3v) is 3.73. The molecule has 0 aliphatic carbocycles. The summed E-state index contributed by atoms with van der Waals surface area (Å²) < 4.78 is 13.1. The van der Waals surface area contributed by atoms with E-state index in [2.05, 4.69) is 20.8 Å². The Balaban J connectivity index is 2.17. The molecule has 0 saturated heterocycles. The van der Waals surface area contributed by atoms with Gasteiger partial charge in [-0.05, 0) is 41.2 Å². The smallest absolute Gasteiger partial charge is 0.167 e. The normalized spacial score (nSPS) is 11.5. The number of rotatable bonds is 3. The first-order chi connectivity index (χ1) is 9.77. The zero-order valence-corrected chi connectivity index (χ0v) is 13.0. The molecule has 0 heterocycles. The zero-order chi connectivity index (χ0) is 15.6. The summed E-state index contributed by atoms with van der Waals surface area (Å²) in [6.45, 7) is 8.26. The number of carbonyl (C=O) groups excluding carboxylic acids is 1. The molecule has 0 unspecified atom stereocenters. The summed E-state index contributed by atoms with van der Waals surface area (Å²) >= 11 is 0. The average Bonchev–Trinajstić information content (AvgIpc) is 2.41. The van der Waals surface area contributed by atoms with Gasteiger partial charge in [-0.25, -0.2) is 4.39 Å². The fraction of sp³-hybridized carbons (Fsp3) is 0.316. The fourth-order valence-corrected chi connectivity index (χ4v) is 2.29. The minimum absolute atomic E-state index is 0.0603. The maximum atomic E-state index is 13.1. The first-order valence-electron chi connectivity index (χ1n) is 7.16. The van der Waals surface area contributed by atoms with E-state index in [9.17, 15) is 9.18 Å². The van der Waals surface area contributed by atoms with E-state index in [1.165, 1.54) is 17.7 Å². The number of hydrogen-bond acceptors (Lipinski definition) is 1. The van der Waals surface area contributed by atoms with Crippen LogP contribution in [0.4, 0.5) is 4.39 Å². The van der Waals surface area contributed by atoms with Crippen LogP contribution in [-0.2, 0) is 11.8 Å². The number of benzene rings is 2. The predicted octanol–water partition coefficient (Wildman–Crippen LogP) is 4.86. The fourth-order valence-electron chi connectivity index (χ4n) is 2.29. The van der Waals surface area contributed by atoms with Crippen LogP contribution in [-0.4, -0.2) is 5.78 Å². The third-order valence-electron chi connectivity index (χ3n) is 3.73. The molecule has 2 aromatic rings. The lowest BCUT2D eigenvalue weighted by Crippen LogP contribution is -2.11. The Kier molecular flexibility index (Phi) is 4.26. The van der Waals surface area contributed by atoms with Crippen LogP contribution in [0, 0.1) is 12.7 Å². The van der Waals surface area contributed by atoms with Gasteiger partial charge in [-0.3, -0.25) is 4.79 Å². The molecule has 0 amide bonds. The van der Waals surface area contributed by atoms with Gasteiger partial charge in [0.1, 0.15) is 5.82 Å². The molecule has 2 rings (SSSR count). The molecule has 0 fully saturated rings. The maximum absolute atomic E-state index is 13.1. The molecule has 0 aliphatic rings. The van der Waals surface area contributed by atoms with Gasteiger partial charge in [-0.1, -0.05) is 51.1 Å². The van der Waals surface area contributed by atoms with E-state index in [0.29, 0.717) is 12.0 Å². The molecule has 110 valence electrons. The van der Waals surface area contributed by atoms with E-state index in [1.54, 1.807) is 6.07 Å². The Labute approximate surface area is 125 Å². The highest BCUT2D eigenvalue weighted by Crippen LogP contribution is 2.22. The van der Waals surface area contributed by atoms with Crippen LogP contribution >= 0.6 is 0 Å². The zero-order valence-electron chi connectivity index (χ0n) is 13.0. The lowest BCUT2D eigenvalue weighted by Gasteiger charge is -2.19. The molecule has 0 aromatic heterocycles. The van der Waals surface area contributed by atoms with Crippen molar-refractivity contribution in [3.63, 3.8) is 0 Å². The largest absolute Gasteiger partial charge is 0.294 e. The van der Waals surface area contributed by atoms with E-state index >= 15 is 0 Å². The summed E-state index contributed by atoms with van der Waals surface area (Å²) in [4.78, 5) is 12.3. The van der Waals surface area contributed by atoms with Gasteiger partial charge in [0.05, 0.1) is 0 Å². The quantitative estimate of drug-likeness (QED) is 0.736. The van der Waals surface area contributed by atoms with Crippen molar-refractivity contribution in [3.8, 4) is 0 Å². The molecule has 0 radical (unpaired) electrons.